The van der Waals surface area contributed by atoms with Crippen molar-refractivity contribution in [2.24, 2.45) is 11.8 Å². The van der Waals surface area contributed by atoms with E-state index in [-0.39, 0.29) is 5.57 Å². The van der Waals surface area contributed by atoms with Gasteiger partial charge in [-0.2, -0.15) is 0 Å². The standard InChI is InChI=1S/C21H38O4/c1-5-9-11-16(7-3)13-18(14-17(8-4)12-10-6-2)19(21(24)25)15-20(22)23/h16-17H,5-15H2,1-4H3,(H,22,23)(H,24,25)/p-2. The molecule has 0 saturated carbocycles. The summed E-state index contributed by atoms with van der Waals surface area (Å²) in [6, 6.07) is 0. The zero-order valence-electron chi connectivity index (χ0n) is 16.6. The van der Waals surface area contributed by atoms with Crippen LogP contribution in [-0.2, 0) is 9.59 Å². The van der Waals surface area contributed by atoms with Crippen molar-refractivity contribution in [3.8, 4) is 0 Å². The third-order valence-electron chi connectivity index (χ3n) is 5.15. The number of rotatable bonds is 15. The Morgan fingerprint density at radius 2 is 1.24 bits per heavy atom. The first-order chi connectivity index (χ1) is 11.9. The second-order valence-electron chi connectivity index (χ2n) is 7.16. The summed E-state index contributed by atoms with van der Waals surface area (Å²) in [4.78, 5) is 22.6. The molecule has 0 amide bonds. The van der Waals surface area contributed by atoms with Gasteiger partial charge in [0.25, 0.3) is 0 Å². The van der Waals surface area contributed by atoms with E-state index < -0.39 is 18.4 Å². The van der Waals surface area contributed by atoms with Crippen molar-refractivity contribution in [2.45, 2.75) is 98.3 Å². The number of carboxylic acids is 2. The lowest BCUT2D eigenvalue weighted by molar-refractivity contribution is -0.309. The topological polar surface area (TPSA) is 80.3 Å². The molecule has 0 aliphatic heterocycles. The number of carboxylic acid groups (broad SMARTS) is 2. The minimum Gasteiger partial charge on any atom is -0.550 e. The number of allylic oxidation sites excluding steroid dienone is 1. The van der Waals surface area contributed by atoms with Gasteiger partial charge in [0.1, 0.15) is 0 Å². The quantitative estimate of drug-likeness (QED) is 0.423. The molecule has 146 valence electrons. The predicted octanol–water partition coefficient (Wildman–Crippen LogP) is 3.39. The van der Waals surface area contributed by atoms with Gasteiger partial charge in [-0.25, -0.2) is 0 Å². The lowest BCUT2D eigenvalue weighted by atomic mass is 9.82. The van der Waals surface area contributed by atoms with Crippen molar-refractivity contribution in [1.29, 1.82) is 0 Å². The highest BCUT2D eigenvalue weighted by molar-refractivity contribution is 5.91. The van der Waals surface area contributed by atoms with E-state index in [4.69, 9.17) is 0 Å². The molecule has 0 aromatic carbocycles. The van der Waals surface area contributed by atoms with Crippen LogP contribution < -0.4 is 10.2 Å². The van der Waals surface area contributed by atoms with Crippen LogP contribution in [0.2, 0.25) is 0 Å². The third kappa shape index (κ3) is 10.3. The smallest absolute Gasteiger partial charge is 0.0678 e. The molecule has 2 unspecified atom stereocenters. The zero-order valence-corrected chi connectivity index (χ0v) is 16.6. The van der Waals surface area contributed by atoms with E-state index in [0.29, 0.717) is 24.7 Å². The molecule has 0 rings (SSSR count). The Bertz CT molecular complexity index is 406. The van der Waals surface area contributed by atoms with Gasteiger partial charge in [0.15, 0.2) is 0 Å². The second-order valence-corrected chi connectivity index (χ2v) is 7.16. The Morgan fingerprint density at radius 1 is 0.800 bits per heavy atom. The van der Waals surface area contributed by atoms with Gasteiger partial charge in [0.2, 0.25) is 0 Å². The summed E-state index contributed by atoms with van der Waals surface area (Å²) >= 11 is 0. The van der Waals surface area contributed by atoms with Crippen molar-refractivity contribution in [1.82, 2.24) is 0 Å². The summed E-state index contributed by atoms with van der Waals surface area (Å²) in [5, 5.41) is 22.6. The van der Waals surface area contributed by atoms with Gasteiger partial charge in [-0.15, -0.1) is 0 Å². The van der Waals surface area contributed by atoms with Crippen molar-refractivity contribution < 1.29 is 19.8 Å². The number of hydrogen-bond donors (Lipinski definition) is 0. The molecule has 0 bridgehead atoms. The molecule has 4 heteroatoms. The molecule has 0 radical (unpaired) electrons. The van der Waals surface area contributed by atoms with Gasteiger partial charge in [0.05, 0.1) is 5.97 Å². The van der Waals surface area contributed by atoms with Crippen molar-refractivity contribution in [3.63, 3.8) is 0 Å². The first-order valence-electron chi connectivity index (χ1n) is 10.0. The van der Waals surface area contributed by atoms with Crippen LogP contribution in [0.3, 0.4) is 0 Å². The first kappa shape index (κ1) is 23.7. The van der Waals surface area contributed by atoms with E-state index in [1.165, 1.54) is 0 Å². The van der Waals surface area contributed by atoms with Crippen LogP contribution >= 0.6 is 0 Å². The molecule has 4 nitrogen and oxygen atoms in total. The van der Waals surface area contributed by atoms with Gasteiger partial charge < -0.3 is 19.8 Å². The van der Waals surface area contributed by atoms with Crippen LogP contribution in [0.5, 0.6) is 0 Å². The number of aliphatic carboxylic acids is 2. The van der Waals surface area contributed by atoms with Gasteiger partial charge in [-0.1, -0.05) is 84.6 Å². The lowest BCUT2D eigenvalue weighted by Gasteiger charge is -2.25. The molecule has 2 atom stereocenters. The number of carbonyl (C=O) groups excluding carboxylic acids is 2. The Kier molecular flexibility index (Phi) is 13.2. The summed E-state index contributed by atoms with van der Waals surface area (Å²) in [6.07, 6.45) is 9.26. The fourth-order valence-electron chi connectivity index (χ4n) is 3.40. The molecule has 25 heavy (non-hydrogen) atoms. The van der Waals surface area contributed by atoms with Crippen molar-refractivity contribution in [2.75, 3.05) is 0 Å². The predicted molar refractivity (Wildman–Crippen MR) is 97.5 cm³/mol. The molecule has 0 heterocycles. The summed E-state index contributed by atoms with van der Waals surface area (Å²) in [5.74, 6) is -1.90. The molecule has 0 saturated heterocycles. The molecule has 0 aliphatic rings. The van der Waals surface area contributed by atoms with E-state index in [0.717, 1.165) is 56.9 Å². The molecule has 0 aromatic heterocycles. The van der Waals surface area contributed by atoms with Crippen LogP contribution in [-0.4, -0.2) is 11.9 Å². The van der Waals surface area contributed by atoms with Crippen LogP contribution in [0.15, 0.2) is 11.1 Å². The summed E-state index contributed by atoms with van der Waals surface area (Å²) in [6.45, 7) is 8.52. The minimum atomic E-state index is -1.35. The first-order valence-corrected chi connectivity index (χ1v) is 10.0. The fourth-order valence-corrected chi connectivity index (χ4v) is 3.40. The highest BCUT2D eigenvalue weighted by Crippen LogP contribution is 2.31. The van der Waals surface area contributed by atoms with E-state index in [2.05, 4.69) is 27.7 Å². The van der Waals surface area contributed by atoms with Crippen molar-refractivity contribution >= 4 is 11.9 Å². The van der Waals surface area contributed by atoms with Crippen LogP contribution in [0.1, 0.15) is 98.3 Å². The molecule has 0 N–H and O–H groups in total. The average Bonchev–Trinajstić information content (AvgIpc) is 2.58. The zero-order chi connectivity index (χ0) is 19.2. The van der Waals surface area contributed by atoms with Crippen LogP contribution in [0.25, 0.3) is 0 Å². The third-order valence-corrected chi connectivity index (χ3v) is 5.15. The van der Waals surface area contributed by atoms with Gasteiger partial charge in [-0.3, -0.25) is 0 Å². The normalized spacial score (nSPS) is 13.3. The van der Waals surface area contributed by atoms with E-state index >= 15 is 0 Å². The van der Waals surface area contributed by atoms with Gasteiger partial charge >= 0.3 is 0 Å². The molecular formula is C21H36O4-2. The van der Waals surface area contributed by atoms with E-state index in [1.54, 1.807) is 0 Å². The highest BCUT2D eigenvalue weighted by Gasteiger charge is 2.18. The van der Waals surface area contributed by atoms with Crippen molar-refractivity contribution in [3.05, 3.63) is 11.1 Å². The van der Waals surface area contributed by atoms with Gasteiger partial charge in [0, 0.05) is 12.4 Å². The summed E-state index contributed by atoms with van der Waals surface area (Å²) in [5.41, 5.74) is 0.722. The maximum absolute atomic E-state index is 11.6. The summed E-state index contributed by atoms with van der Waals surface area (Å²) in [7, 11) is 0. The molecule has 0 spiro atoms. The Labute approximate surface area is 153 Å². The Balaban J connectivity index is 5.50. The summed E-state index contributed by atoms with van der Waals surface area (Å²) < 4.78 is 0. The molecule has 0 fully saturated rings. The van der Waals surface area contributed by atoms with E-state index in [9.17, 15) is 19.8 Å². The molecule has 0 aromatic rings. The highest BCUT2D eigenvalue weighted by atomic mass is 16.4. The fraction of sp³-hybridized carbons (Fsp3) is 0.810. The molecule has 0 aliphatic carbocycles. The number of hydrogen-bond acceptors (Lipinski definition) is 4. The second kappa shape index (κ2) is 13.9. The van der Waals surface area contributed by atoms with Crippen LogP contribution in [0, 0.1) is 11.8 Å². The van der Waals surface area contributed by atoms with Gasteiger partial charge in [-0.05, 0) is 30.3 Å². The lowest BCUT2D eigenvalue weighted by Crippen LogP contribution is -2.32. The monoisotopic (exact) mass is 352 g/mol. The largest absolute Gasteiger partial charge is 0.550 e. The average molecular weight is 353 g/mol. The maximum atomic E-state index is 11.6. The Hall–Kier alpha value is -1.32. The van der Waals surface area contributed by atoms with Crippen LogP contribution in [0.4, 0.5) is 0 Å². The maximum Gasteiger partial charge on any atom is 0.0678 e. The Morgan fingerprint density at radius 3 is 1.52 bits per heavy atom. The SMILES string of the molecule is CCCCC(CC)CC(CC(CC)CCCC)=C(CC(=O)[O-])C(=O)[O-]. The minimum absolute atomic E-state index is 0.0510. The van der Waals surface area contributed by atoms with E-state index in [1.807, 2.05) is 0 Å². The number of unbranched alkanes of at least 4 members (excludes halogenated alkanes) is 2. The molecular weight excluding hydrogens is 316 g/mol. The number of carbonyl (C=O) groups is 2.